The first-order valence-corrected chi connectivity index (χ1v) is 11.3. The normalized spacial score (nSPS) is 13.5. The molecule has 10 heteroatoms. The summed E-state index contributed by atoms with van der Waals surface area (Å²) in [4.78, 5) is 38.1. The van der Waals surface area contributed by atoms with Crippen molar-refractivity contribution in [3.8, 4) is 11.4 Å². The van der Waals surface area contributed by atoms with Gasteiger partial charge in [0, 0.05) is 36.4 Å². The van der Waals surface area contributed by atoms with Gasteiger partial charge >= 0.3 is 5.97 Å². The quantitative estimate of drug-likeness (QED) is 0.430. The number of piperidine rings is 1. The molecule has 0 radical (unpaired) electrons. The number of primary amides is 1. The Morgan fingerprint density at radius 3 is 2.37 bits per heavy atom. The lowest BCUT2D eigenvalue weighted by Gasteiger charge is -2.26. The SMILES string of the molecule is COc1ccc(-n2nc(C(N)=O)c(CCNc3ccc(N4CCCCC4=O)cc3)c2C(=O)O)cc1. The second-order valence-corrected chi connectivity index (χ2v) is 8.18. The highest BCUT2D eigenvalue weighted by molar-refractivity contribution is 5.97. The van der Waals surface area contributed by atoms with Crippen LogP contribution in [0.3, 0.4) is 0 Å². The number of carbonyl (C=O) groups is 3. The highest BCUT2D eigenvalue weighted by atomic mass is 16.5. The van der Waals surface area contributed by atoms with Crippen molar-refractivity contribution in [3.63, 3.8) is 0 Å². The van der Waals surface area contributed by atoms with Crippen LogP contribution in [-0.2, 0) is 11.2 Å². The molecule has 1 aliphatic heterocycles. The molecule has 4 rings (SSSR count). The summed E-state index contributed by atoms with van der Waals surface area (Å²) < 4.78 is 6.35. The van der Waals surface area contributed by atoms with E-state index >= 15 is 0 Å². The number of ether oxygens (including phenoxy) is 1. The summed E-state index contributed by atoms with van der Waals surface area (Å²) >= 11 is 0. The molecular weight excluding hydrogens is 450 g/mol. The van der Waals surface area contributed by atoms with Crippen molar-refractivity contribution >= 4 is 29.2 Å². The summed E-state index contributed by atoms with van der Waals surface area (Å²) in [6, 6.07) is 14.1. The third-order valence-electron chi connectivity index (χ3n) is 5.94. The number of anilines is 2. The number of aromatic nitrogens is 2. The average molecular weight is 478 g/mol. The molecule has 1 aromatic heterocycles. The lowest BCUT2D eigenvalue weighted by atomic mass is 10.1. The fourth-order valence-electron chi connectivity index (χ4n) is 4.19. The molecule has 1 fully saturated rings. The first-order chi connectivity index (χ1) is 16.9. The largest absolute Gasteiger partial charge is 0.497 e. The van der Waals surface area contributed by atoms with Crippen molar-refractivity contribution in [1.82, 2.24) is 9.78 Å². The zero-order valence-corrected chi connectivity index (χ0v) is 19.4. The van der Waals surface area contributed by atoms with Crippen LogP contribution in [0.1, 0.15) is 45.8 Å². The molecule has 2 amide bonds. The van der Waals surface area contributed by atoms with Gasteiger partial charge in [-0.25, -0.2) is 9.48 Å². The Bertz CT molecular complexity index is 1230. The second kappa shape index (κ2) is 10.3. The minimum Gasteiger partial charge on any atom is -0.497 e. The molecule has 0 saturated carbocycles. The number of carbonyl (C=O) groups excluding carboxylic acids is 2. The summed E-state index contributed by atoms with van der Waals surface area (Å²) in [6.45, 7) is 1.06. The van der Waals surface area contributed by atoms with E-state index in [1.54, 1.807) is 29.2 Å². The summed E-state index contributed by atoms with van der Waals surface area (Å²) in [5.41, 5.74) is 7.69. The zero-order chi connectivity index (χ0) is 24.9. The van der Waals surface area contributed by atoms with Gasteiger partial charge in [0.2, 0.25) is 5.91 Å². The Morgan fingerprint density at radius 2 is 1.77 bits per heavy atom. The Hall–Kier alpha value is -4.34. The Morgan fingerprint density at radius 1 is 1.09 bits per heavy atom. The van der Waals surface area contributed by atoms with Gasteiger partial charge < -0.3 is 25.8 Å². The van der Waals surface area contributed by atoms with Crippen molar-refractivity contribution in [2.45, 2.75) is 25.7 Å². The van der Waals surface area contributed by atoms with E-state index in [9.17, 15) is 19.5 Å². The average Bonchev–Trinajstić information content (AvgIpc) is 3.25. The molecule has 0 aliphatic carbocycles. The number of benzene rings is 2. The molecule has 4 N–H and O–H groups in total. The Labute approximate surface area is 202 Å². The predicted molar refractivity (Wildman–Crippen MR) is 130 cm³/mol. The van der Waals surface area contributed by atoms with E-state index in [-0.39, 0.29) is 29.3 Å². The van der Waals surface area contributed by atoms with Gasteiger partial charge in [0.05, 0.1) is 12.8 Å². The van der Waals surface area contributed by atoms with E-state index in [4.69, 9.17) is 10.5 Å². The molecule has 35 heavy (non-hydrogen) atoms. The molecule has 2 aromatic carbocycles. The number of nitrogens with zero attached hydrogens (tertiary/aromatic N) is 3. The van der Waals surface area contributed by atoms with Crippen LogP contribution in [0.2, 0.25) is 0 Å². The molecule has 3 aromatic rings. The van der Waals surface area contributed by atoms with Crippen LogP contribution in [0.4, 0.5) is 11.4 Å². The molecule has 1 aliphatic rings. The van der Waals surface area contributed by atoms with E-state index in [2.05, 4.69) is 10.4 Å². The van der Waals surface area contributed by atoms with Gasteiger partial charge in [-0.2, -0.15) is 5.10 Å². The number of methoxy groups -OCH3 is 1. The summed E-state index contributed by atoms with van der Waals surface area (Å²) in [5.74, 6) is -1.28. The van der Waals surface area contributed by atoms with Gasteiger partial charge in [0.25, 0.3) is 5.91 Å². The molecular formula is C25H27N5O5. The predicted octanol–water partition coefficient (Wildman–Crippen LogP) is 2.85. The number of rotatable bonds is 9. The number of carboxylic acids is 1. The van der Waals surface area contributed by atoms with Crippen molar-refractivity contribution in [2.75, 3.05) is 30.4 Å². The van der Waals surface area contributed by atoms with E-state index in [0.29, 0.717) is 24.4 Å². The van der Waals surface area contributed by atoms with Gasteiger partial charge in [-0.05, 0) is 67.8 Å². The molecule has 0 spiro atoms. The molecule has 0 bridgehead atoms. The highest BCUT2D eigenvalue weighted by Gasteiger charge is 2.26. The van der Waals surface area contributed by atoms with Crippen LogP contribution < -0.4 is 20.7 Å². The number of nitrogens with two attached hydrogens (primary N) is 1. The van der Waals surface area contributed by atoms with Gasteiger partial charge in [-0.3, -0.25) is 9.59 Å². The molecule has 10 nitrogen and oxygen atoms in total. The second-order valence-electron chi connectivity index (χ2n) is 8.18. The van der Waals surface area contributed by atoms with Crippen LogP contribution in [0.5, 0.6) is 5.75 Å². The third-order valence-corrected chi connectivity index (χ3v) is 5.94. The zero-order valence-electron chi connectivity index (χ0n) is 19.4. The number of nitrogens with one attached hydrogen (secondary N) is 1. The van der Waals surface area contributed by atoms with Gasteiger partial charge in [0.15, 0.2) is 11.4 Å². The molecule has 182 valence electrons. The van der Waals surface area contributed by atoms with Crippen LogP contribution in [0.15, 0.2) is 48.5 Å². The molecule has 2 heterocycles. The summed E-state index contributed by atoms with van der Waals surface area (Å²) in [5, 5.41) is 17.3. The van der Waals surface area contributed by atoms with Crippen LogP contribution in [-0.4, -0.2) is 52.9 Å². The number of hydrogen-bond donors (Lipinski definition) is 3. The van der Waals surface area contributed by atoms with Crippen molar-refractivity contribution < 1.29 is 24.2 Å². The minimum absolute atomic E-state index is 0.0843. The van der Waals surface area contributed by atoms with Crippen LogP contribution >= 0.6 is 0 Å². The first-order valence-electron chi connectivity index (χ1n) is 11.3. The van der Waals surface area contributed by atoms with E-state index < -0.39 is 11.9 Å². The lowest BCUT2D eigenvalue weighted by Crippen LogP contribution is -2.35. The minimum atomic E-state index is -1.22. The van der Waals surface area contributed by atoms with Gasteiger partial charge in [0.1, 0.15) is 5.75 Å². The van der Waals surface area contributed by atoms with Crippen molar-refractivity contribution in [2.24, 2.45) is 5.73 Å². The van der Waals surface area contributed by atoms with Gasteiger partial charge in [-0.15, -0.1) is 0 Å². The monoisotopic (exact) mass is 477 g/mol. The molecule has 1 saturated heterocycles. The van der Waals surface area contributed by atoms with Crippen LogP contribution in [0, 0.1) is 0 Å². The number of hydrogen-bond acceptors (Lipinski definition) is 6. The van der Waals surface area contributed by atoms with Crippen LogP contribution in [0.25, 0.3) is 5.69 Å². The van der Waals surface area contributed by atoms with E-state index in [0.717, 1.165) is 30.8 Å². The lowest BCUT2D eigenvalue weighted by molar-refractivity contribution is -0.119. The van der Waals surface area contributed by atoms with E-state index in [1.807, 2.05) is 24.3 Å². The highest BCUT2D eigenvalue weighted by Crippen LogP contribution is 2.24. The van der Waals surface area contributed by atoms with E-state index in [1.165, 1.54) is 11.8 Å². The maximum atomic E-state index is 12.1. The number of carboxylic acid groups (broad SMARTS) is 1. The van der Waals surface area contributed by atoms with Crippen molar-refractivity contribution in [3.05, 3.63) is 65.5 Å². The fourth-order valence-corrected chi connectivity index (χ4v) is 4.19. The Kier molecular flexibility index (Phi) is 7.00. The maximum Gasteiger partial charge on any atom is 0.354 e. The van der Waals surface area contributed by atoms with Gasteiger partial charge in [-0.1, -0.05) is 0 Å². The summed E-state index contributed by atoms with van der Waals surface area (Å²) in [6.07, 6.45) is 2.69. The number of aromatic carboxylic acids is 1. The standard InChI is InChI=1S/C25H27N5O5/c1-35-19-11-9-18(10-12-19)30-23(25(33)34)20(22(28-30)24(26)32)13-14-27-16-5-7-17(8-6-16)29-15-3-2-4-21(29)31/h5-12,27H,2-4,13-15H2,1H3,(H2,26,32)(H,33,34). The molecule has 0 atom stereocenters. The first kappa shape index (κ1) is 23.8. The summed E-state index contributed by atoms with van der Waals surface area (Å²) in [7, 11) is 1.53. The topological polar surface area (TPSA) is 140 Å². The fraction of sp³-hybridized carbons (Fsp3) is 0.280. The maximum absolute atomic E-state index is 12.1. The Balaban J connectivity index is 1.52. The number of amides is 2. The molecule has 0 unspecified atom stereocenters. The van der Waals surface area contributed by atoms with Crippen molar-refractivity contribution in [1.29, 1.82) is 0 Å². The third kappa shape index (κ3) is 5.11. The smallest absolute Gasteiger partial charge is 0.354 e.